The number of benzene rings is 2. The van der Waals surface area contributed by atoms with E-state index in [1.807, 2.05) is 35.9 Å². The van der Waals surface area contributed by atoms with Crippen LogP contribution in [0.3, 0.4) is 0 Å². The maximum atomic E-state index is 12.8. The fourth-order valence-corrected chi connectivity index (χ4v) is 4.21. The second kappa shape index (κ2) is 10.1. The van der Waals surface area contributed by atoms with Crippen LogP contribution in [0.25, 0.3) is 0 Å². The van der Waals surface area contributed by atoms with Crippen LogP contribution in [0.15, 0.2) is 54.6 Å². The van der Waals surface area contributed by atoms with Crippen LogP contribution in [-0.2, 0) is 19.6 Å². The lowest BCUT2D eigenvalue weighted by molar-refractivity contribution is 0.0950. The van der Waals surface area contributed by atoms with Crippen LogP contribution in [0, 0.1) is 13.8 Å². The molecule has 3 aromatic rings. The second-order valence-corrected chi connectivity index (χ2v) is 8.87. The standard InChI is InChI=1S/C26H33N5O/c1-20-14-21(2)31(28-20)19-24-8-5-9-25(16-24)26(32)27-17-22-6-4-7-23(15-22)18-30-12-10-29(3)11-13-30/h4-9,14-16H,10-13,17-19H2,1-3H3,(H,27,32). The van der Waals surface area contributed by atoms with Gasteiger partial charge in [-0.3, -0.25) is 14.4 Å². The van der Waals surface area contributed by atoms with Crippen molar-refractivity contribution in [2.75, 3.05) is 33.2 Å². The number of carbonyl (C=O) groups excluding carboxylic acids is 1. The minimum absolute atomic E-state index is 0.0512. The highest BCUT2D eigenvalue weighted by Crippen LogP contribution is 2.12. The van der Waals surface area contributed by atoms with E-state index >= 15 is 0 Å². The molecular weight excluding hydrogens is 398 g/mol. The van der Waals surface area contributed by atoms with Crippen molar-refractivity contribution in [1.29, 1.82) is 0 Å². The zero-order valence-corrected chi connectivity index (χ0v) is 19.3. The van der Waals surface area contributed by atoms with Crippen molar-refractivity contribution in [3.8, 4) is 0 Å². The lowest BCUT2D eigenvalue weighted by atomic mass is 10.1. The lowest BCUT2D eigenvalue weighted by Crippen LogP contribution is -2.43. The summed E-state index contributed by atoms with van der Waals surface area (Å²) in [7, 11) is 2.18. The Balaban J connectivity index is 1.34. The highest BCUT2D eigenvalue weighted by atomic mass is 16.1. The summed E-state index contributed by atoms with van der Waals surface area (Å²) < 4.78 is 1.97. The number of rotatable bonds is 7. The predicted octanol–water partition coefficient (Wildman–Crippen LogP) is 3.23. The summed E-state index contributed by atoms with van der Waals surface area (Å²) in [4.78, 5) is 17.6. The van der Waals surface area contributed by atoms with Gasteiger partial charge in [0.2, 0.25) is 0 Å². The summed E-state index contributed by atoms with van der Waals surface area (Å²) in [6, 6.07) is 18.4. The van der Waals surface area contributed by atoms with E-state index in [4.69, 9.17) is 0 Å². The molecule has 1 N–H and O–H groups in total. The van der Waals surface area contributed by atoms with E-state index < -0.39 is 0 Å². The third-order valence-electron chi connectivity index (χ3n) is 6.07. The Kier molecular flexibility index (Phi) is 7.02. The molecule has 0 aliphatic carbocycles. The van der Waals surface area contributed by atoms with Crippen molar-refractivity contribution in [3.05, 3.63) is 88.2 Å². The molecule has 0 saturated carbocycles. The van der Waals surface area contributed by atoms with Crippen molar-refractivity contribution in [2.45, 2.75) is 33.5 Å². The molecule has 1 fully saturated rings. The normalized spacial score (nSPS) is 15.1. The molecule has 6 nitrogen and oxygen atoms in total. The molecule has 168 valence electrons. The van der Waals surface area contributed by atoms with Crippen LogP contribution in [-0.4, -0.2) is 58.7 Å². The molecule has 0 atom stereocenters. The molecule has 6 heteroatoms. The third-order valence-corrected chi connectivity index (χ3v) is 6.07. The Bertz CT molecular complexity index is 1070. The van der Waals surface area contributed by atoms with Crippen LogP contribution in [0.4, 0.5) is 0 Å². The summed E-state index contributed by atoms with van der Waals surface area (Å²) >= 11 is 0. The Morgan fingerprint density at radius 2 is 1.59 bits per heavy atom. The first-order chi connectivity index (χ1) is 15.5. The van der Waals surface area contributed by atoms with Crippen LogP contribution >= 0.6 is 0 Å². The Labute approximate surface area is 190 Å². The minimum Gasteiger partial charge on any atom is -0.348 e. The van der Waals surface area contributed by atoms with Gasteiger partial charge in [-0.25, -0.2) is 0 Å². The molecule has 1 saturated heterocycles. The molecule has 32 heavy (non-hydrogen) atoms. The van der Waals surface area contributed by atoms with E-state index in [-0.39, 0.29) is 5.91 Å². The number of piperazine rings is 1. The number of hydrogen-bond acceptors (Lipinski definition) is 4. The van der Waals surface area contributed by atoms with E-state index in [0.29, 0.717) is 18.7 Å². The molecule has 0 radical (unpaired) electrons. The van der Waals surface area contributed by atoms with Crippen LogP contribution in [0.1, 0.15) is 38.4 Å². The maximum absolute atomic E-state index is 12.8. The number of carbonyl (C=O) groups is 1. The molecule has 2 heterocycles. The highest BCUT2D eigenvalue weighted by molar-refractivity contribution is 5.94. The summed E-state index contributed by atoms with van der Waals surface area (Å²) in [5.41, 5.74) is 6.30. The van der Waals surface area contributed by atoms with E-state index in [1.54, 1.807) is 0 Å². The van der Waals surface area contributed by atoms with Crippen LogP contribution in [0.5, 0.6) is 0 Å². The average Bonchev–Trinajstić information content (AvgIpc) is 3.10. The van der Waals surface area contributed by atoms with E-state index in [0.717, 1.165) is 55.2 Å². The van der Waals surface area contributed by atoms with Gasteiger partial charge in [-0.15, -0.1) is 0 Å². The van der Waals surface area contributed by atoms with Gasteiger partial charge in [0.25, 0.3) is 5.91 Å². The predicted molar refractivity (Wildman–Crippen MR) is 128 cm³/mol. The van der Waals surface area contributed by atoms with E-state index in [2.05, 4.69) is 64.5 Å². The fourth-order valence-electron chi connectivity index (χ4n) is 4.21. The maximum Gasteiger partial charge on any atom is 0.251 e. The first kappa shape index (κ1) is 22.2. The Morgan fingerprint density at radius 1 is 0.906 bits per heavy atom. The van der Waals surface area contributed by atoms with Gasteiger partial charge in [0.1, 0.15) is 0 Å². The lowest BCUT2D eigenvalue weighted by Gasteiger charge is -2.32. The smallest absolute Gasteiger partial charge is 0.251 e. The minimum atomic E-state index is -0.0512. The molecule has 1 aliphatic heterocycles. The zero-order chi connectivity index (χ0) is 22.5. The summed E-state index contributed by atoms with van der Waals surface area (Å²) in [6.45, 7) is 10.6. The molecule has 0 bridgehead atoms. The first-order valence-electron chi connectivity index (χ1n) is 11.3. The number of likely N-dealkylation sites (N-methyl/N-ethyl adjacent to an activating group) is 1. The quantitative estimate of drug-likeness (QED) is 0.624. The molecule has 4 rings (SSSR count). The van der Waals surface area contributed by atoms with Crippen molar-refractivity contribution < 1.29 is 4.79 Å². The van der Waals surface area contributed by atoms with Gasteiger partial charge in [-0.2, -0.15) is 5.10 Å². The number of nitrogens with one attached hydrogen (secondary N) is 1. The van der Waals surface area contributed by atoms with E-state index in [9.17, 15) is 4.79 Å². The van der Waals surface area contributed by atoms with E-state index in [1.165, 1.54) is 5.56 Å². The molecule has 1 aromatic heterocycles. The molecule has 1 aliphatic rings. The molecule has 2 aromatic carbocycles. The van der Waals surface area contributed by atoms with Gasteiger partial charge in [-0.1, -0.05) is 36.4 Å². The van der Waals surface area contributed by atoms with Crippen molar-refractivity contribution in [2.24, 2.45) is 0 Å². The summed E-state index contributed by atoms with van der Waals surface area (Å²) in [6.07, 6.45) is 0. The average molecular weight is 432 g/mol. The second-order valence-electron chi connectivity index (χ2n) is 8.87. The number of hydrogen-bond donors (Lipinski definition) is 1. The van der Waals surface area contributed by atoms with Gasteiger partial charge >= 0.3 is 0 Å². The first-order valence-corrected chi connectivity index (χ1v) is 11.3. The summed E-state index contributed by atoms with van der Waals surface area (Å²) in [5.74, 6) is -0.0512. The van der Waals surface area contributed by atoms with Gasteiger partial charge in [0.15, 0.2) is 0 Å². The largest absolute Gasteiger partial charge is 0.348 e. The topological polar surface area (TPSA) is 53.4 Å². The number of nitrogens with zero attached hydrogens (tertiary/aromatic N) is 4. The Hall–Kier alpha value is -2.96. The Morgan fingerprint density at radius 3 is 2.31 bits per heavy atom. The summed E-state index contributed by atoms with van der Waals surface area (Å²) in [5, 5.41) is 7.60. The van der Waals surface area contributed by atoms with Crippen LogP contribution in [0.2, 0.25) is 0 Å². The van der Waals surface area contributed by atoms with Crippen molar-refractivity contribution in [1.82, 2.24) is 24.9 Å². The number of aromatic nitrogens is 2. The number of aryl methyl sites for hydroxylation is 2. The van der Waals surface area contributed by atoms with Crippen molar-refractivity contribution in [3.63, 3.8) is 0 Å². The van der Waals surface area contributed by atoms with Gasteiger partial charge in [0.05, 0.1) is 12.2 Å². The third kappa shape index (κ3) is 5.84. The van der Waals surface area contributed by atoms with Gasteiger partial charge in [0, 0.05) is 50.5 Å². The van der Waals surface area contributed by atoms with Crippen molar-refractivity contribution >= 4 is 5.91 Å². The molecule has 0 unspecified atom stereocenters. The molecule has 1 amide bonds. The molecular formula is C26H33N5O. The van der Waals surface area contributed by atoms with Crippen LogP contribution < -0.4 is 5.32 Å². The van der Waals surface area contributed by atoms with Gasteiger partial charge < -0.3 is 10.2 Å². The monoisotopic (exact) mass is 431 g/mol. The molecule has 0 spiro atoms. The number of amides is 1. The van der Waals surface area contributed by atoms with Gasteiger partial charge in [-0.05, 0) is 55.8 Å². The highest BCUT2D eigenvalue weighted by Gasteiger charge is 2.14. The SMILES string of the molecule is Cc1cc(C)n(Cc2cccc(C(=O)NCc3cccc(CN4CCN(C)CC4)c3)c2)n1. The zero-order valence-electron chi connectivity index (χ0n) is 19.3. The fraction of sp³-hybridized carbons (Fsp3) is 0.385.